The van der Waals surface area contributed by atoms with Crippen LogP contribution >= 0.6 is 0 Å². The number of amides is 1. The van der Waals surface area contributed by atoms with Gasteiger partial charge < -0.3 is 15.8 Å². The molecule has 0 radical (unpaired) electrons. The van der Waals surface area contributed by atoms with Crippen molar-refractivity contribution in [1.29, 1.82) is 0 Å². The second-order valence-electron chi connectivity index (χ2n) is 7.48. The van der Waals surface area contributed by atoms with Crippen molar-refractivity contribution in [2.24, 2.45) is 0 Å². The van der Waals surface area contributed by atoms with Gasteiger partial charge in [-0.05, 0) is 54.6 Å². The van der Waals surface area contributed by atoms with Gasteiger partial charge >= 0.3 is 0 Å². The molecule has 0 saturated heterocycles. The largest absolute Gasteiger partial charge is 0.457 e. The number of aromatic amines is 1. The number of nitrogen functional groups attached to an aromatic ring is 1. The molecule has 33 heavy (non-hydrogen) atoms. The molecule has 5 rings (SSSR count). The number of rotatable bonds is 5. The zero-order valence-electron chi connectivity index (χ0n) is 17.9. The van der Waals surface area contributed by atoms with E-state index in [1.807, 2.05) is 72.8 Å². The fraction of sp³-hybridized carbons (Fsp3) is 0.0385. The maximum Gasteiger partial charge on any atom is 0.251 e. The number of para-hydroxylation sites is 1. The van der Waals surface area contributed by atoms with Crippen molar-refractivity contribution in [1.82, 2.24) is 20.5 Å². The molecule has 0 aliphatic carbocycles. The van der Waals surface area contributed by atoms with Crippen LogP contribution in [0.5, 0.6) is 11.5 Å². The highest BCUT2D eigenvalue weighted by Crippen LogP contribution is 2.34. The molecule has 0 fully saturated rings. The van der Waals surface area contributed by atoms with Crippen LogP contribution in [0.25, 0.3) is 33.4 Å². The van der Waals surface area contributed by atoms with Crippen molar-refractivity contribution >= 4 is 22.6 Å². The summed E-state index contributed by atoms with van der Waals surface area (Å²) in [7, 11) is 1.61. The Morgan fingerprint density at radius 2 is 1.58 bits per heavy atom. The highest BCUT2D eigenvalue weighted by Gasteiger charge is 2.15. The second-order valence-corrected chi connectivity index (χ2v) is 7.48. The lowest BCUT2D eigenvalue weighted by Crippen LogP contribution is -2.17. The lowest BCUT2D eigenvalue weighted by molar-refractivity contribution is 0.0963. The third-order valence-electron chi connectivity index (χ3n) is 5.35. The predicted octanol–water partition coefficient (Wildman–Crippen LogP) is 5.03. The molecule has 2 heterocycles. The van der Waals surface area contributed by atoms with Crippen molar-refractivity contribution in [3.05, 3.63) is 90.5 Å². The minimum absolute atomic E-state index is 0.134. The molecule has 7 heteroatoms. The van der Waals surface area contributed by atoms with Crippen LogP contribution in [0.1, 0.15) is 10.4 Å². The van der Waals surface area contributed by atoms with E-state index in [1.54, 1.807) is 19.2 Å². The van der Waals surface area contributed by atoms with Crippen molar-refractivity contribution < 1.29 is 9.53 Å². The van der Waals surface area contributed by atoms with Crippen LogP contribution in [0.2, 0.25) is 0 Å². The van der Waals surface area contributed by atoms with E-state index in [9.17, 15) is 4.79 Å². The predicted molar refractivity (Wildman–Crippen MR) is 129 cm³/mol. The van der Waals surface area contributed by atoms with Crippen molar-refractivity contribution in [3.63, 3.8) is 0 Å². The Labute approximate surface area is 190 Å². The highest BCUT2D eigenvalue weighted by molar-refractivity contribution is 6.01. The van der Waals surface area contributed by atoms with Crippen molar-refractivity contribution in [2.45, 2.75) is 0 Å². The zero-order valence-corrected chi connectivity index (χ0v) is 17.9. The van der Waals surface area contributed by atoms with Gasteiger partial charge in [-0.1, -0.05) is 30.3 Å². The normalized spacial score (nSPS) is 10.8. The first-order chi connectivity index (χ1) is 16.1. The zero-order chi connectivity index (χ0) is 22.8. The van der Waals surface area contributed by atoms with Crippen LogP contribution in [0.4, 0.5) is 5.82 Å². The van der Waals surface area contributed by atoms with Crippen LogP contribution in [0.3, 0.4) is 0 Å². The SMILES string of the molecule is CNC(=O)c1ccc(-c2cc3[nH]nc(N)c3c(-c3ccc(Oc4ccccc4)cc3)n2)cc1. The molecule has 7 nitrogen and oxygen atoms in total. The first kappa shape index (κ1) is 20.3. The summed E-state index contributed by atoms with van der Waals surface area (Å²) in [5, 5.41) is 10.5. The number of nitrogens with two attached hydrogens (primary N) is 1. The van der Waals surface area contributed by atoms with E-state index in [0.29, 0.717) is 11.4 Å². The minimum atomic E-state index is -0.134. The van der Waals surface area contributed by atoms with Gasteiger partial charge in [0, 0.05) is 23.7 Å². The quantitative estimate of drug-likeness (QED) is 0.359. The van der Waals surface area contributed by atoms with Crippen molar-refractivity contribution in [3.8, 4) is 34.0 Å². The van der Waals surface area contributed by atoms with Gasteiger partial charge in [0.15, 0.2) is 5.82 Å². The second kappa shape index (κ2) is 8.47. The standard InChI is InChI=1S/C26H21N5O2/c1-28-26(32)18-9-7-16(8-10-18)21-15-22-23(25(27)31-30-22)24(29-21)17-11-13-20(14-12-17)33-19-5-3-2-4-6-19/h2-15H,1H3,(H,28,32)(H3,27,30,31). The van der Waals surface area contributed by atoms with E-state index >= 15 is 0 Å². The maximum atomic E-state index is 11.9. The summed E-state index contributed by atoms with van der Waals surface area (Å²) in [4.78, 5) is 16.8. The summed E-state index contributed by atoms with van der Waals surface area (Å²) >= 11 is 0. The summed E-state index contributed by atoms with van der Waals surface area (Å²) in [6.45, 7) is 0. The molecule has 0 saturated carbocycles. The number of nitrogens with zero attached hydrogens (tertiary/aromatic N) is 2. The van der Waals surface area contributed by atoms with Gasteiger partial charge in [-0.3, -0.25) is 9.89 Å². The summed E-state index contributed by atoms with van der Waals surface area (Å²) in [5.74, 6) is 1.75. The molecule has 3 aromatic carbocycles. The van der Waals surface area contributed by atoms with Crippen LogP contribution in [0, 0.1) is 0 Å². The third kappa shape index (κ3) is 3.99. The topological polar surface area (TPSA) is 106 Å². The first-order valence-electron chi connectivity index (χ1n) is 10.4. The lowest BCUT2D eigenvalue weighted by Gasteiger charge is -2.10. The molecule has 0 bridgehead atoms. The number of ether oxygens (including phenoxy) is 1. The Morgan fingerprint density at radius 1 is 0.909 bits per heavy atom. The number of hydrogen-bond acceptors (Lipinski definition) is 5. The van der Waals surface area contributed by atoms with Crippen molar-refractivity contribution in [2.75, 3.05) is 12.8 Å². The molecule has 1 amide bonds. The van der Waals surface area contributed by atoms with Crippen LogP contribution in [0.15, 0.2) is 84.9 Å². The smallest absolute Gasteiger partial charge is 0.251 e. The number of nitrogens with one attached hydrogen (secondary N) is 2. The highest BCUT2D eigenvalue weighted by atomic mass is 16.5. The van der Waals surface area contributed by atoms with E-state index in [2.05, 4.69) is 15.5 Å². The van der Waals surface area contributed by atoms with Crippen LogP contribution in [-0.2, 0) is 0 Å². The van der Waals surface area contributed by atoms with Gasteiger partial charge in [0.25, 0.3) is 5.91 Å². The number of fused-ring (bicyclic) bond motifs is 1. The number of carbonyl (C=O) groups excluding carboxylic acids is 1. The van der Waals surface area contributed by atoms with E-state index in [4.69, 9.17) is 15.5 Å². The molecular weight excluding hydrogens is 414 g/mol. The molecule has 162 valence electrons. The Morgan fingerprint density at radius 3 is 2.27 bits per heavy atom. The number of benzene rings is 3. The Balaban J connectivity index is 1.53. The molecule has 0 aliphatic rings. The van der Waals surface area contributed by atoms with Gasteiger partial charge in [-0.2, -0.15) is 5.10 Å². The molecule has 2 aromatic heterocycles. The number of hydrogen-bond donors (Lipinski definition) is 3. The fourth-order valence-corrected chi connectivity index (χ4v) is 3.67. The Bertz CT molecular complexity index is 1430. The average molecular weight is 435 g/mol. The number of anilines is 1. The summed E-state index contributed by atoms with van der Waals surface area (Å²) in [5.41, 5.74) is 10.7. The molecular formula is C26H21N5O2. The van der Waals surface area contributed by atoms with E-state index in [-0.39, 0.29) is 5.91 Å². The summed E-state index contributed by atoms with van der Waals surface area (Å²) in [6, 6.07) is 26.5. The van der Waals surface area contributed by atoms with E-state index in [1.165, 1.54) is 0 Å². The average Bonchev–Trinajstić information content (AvgIpc) is 3.25. The van der Waals surface area contributed by atoms with E-state index in [0.717, 1.165) is 44.9 Å². The number of carbonyl (C=O) groups is 1. The first-order valence-corrected chi connectivity index (χ1v) is 10.4. The minimum Gasteiger partial charge on any atom is -0.457 e. The molecule has 4 N–H and O–H groups in total. The van der Waals surface area contributed by atoms with Gasteiger partial charge in [0.2, 0.25) is 0 Å². The maximum absolute atomic E-state index is 11.9. The Kier molecular flexibility index (Phi) is 5.20. The summed E-state index contributed by atoms with van der Waals surface area (Å²) < 4.78 is 5.90. The number of aromatic nitrogens is 3. The third-order valence-corrected chi connectivity index (χ3v) is 5.35. The fourth-order valence-electron chi connectivity index (χ4n) is 3.67. The molecule has 5 aromatic rings. The lowest BCUT2D eigenvalue weighted by atomic mass is 10.0. The Hall–Kier alpha value is -4.65. The van der Waals surface area contributed by atoms with Crippen LogP contribution in [-0.4, -0.2) is 28.1 Å². The molecule has 0 unspecified atom stereocenters. The molecule has 0 spiro atoms. The monoisotopic (exact) mass is 435 g/mol. The van der Waals surface area contributed by atoms with E-state index < -0.39 is 0 Å². The van der Waals surface area contributed by atoms with Crippen LogP contribution < -0.4 is 15.8 Å². The summed E-state index contributed by atoms with van der Waals surface area (Å²) in [6.07, 6.45) is 0. The van der Waals surface area contributed by atoms with Gasteiger partial charge in [0.05, 0.1) is 22.3 Å². The number of H-pyrrole nitrogens is 1. The molecule has 0 aliphatic heterocycles. The van der Waals surface area contributed by atoms with Gasteiger partial charge in [-0.15, -0.1) is 0 Å². The molecule has 0 atom stereocenters. The number of pyridine rings is 1. The van der Waals surface area contributed by atoms with Gasteiger partial charge in [0.1, 0.15) is 11.5 Å². The van der Waals surface area contributed by atoms with Gasteiger partial charge in [-0.25, -0.2) is 4.98 Å².